The van der Waals surface area contributed by atoms with Crippen LogP contribution in [-0.2, 0) is 0 Å². The molecule has 72 valence electrons. The molecule has 1 aromatic heterocycles. The minimum absolute atomic E-state index is 0.00499. The van der Waals surface area contributed by atoms with Crippen molar-refractivity contribution in [2.24, 2.45) is 0 Å². The molecule has 0 aliphatic rings. The number of nitrogen functional groups attached to an aromatic ring is 1. The average molecular weight is 181 g/mol. The van der Waals surface area contributed by atoms with Crippen LogP contribution < -0.4 is 11.1 Å². The minimum Gasteiger partial charge on any atom is -0.398 e. The number of aryl methyl sites for hydroxylation is 1. The van der Waals surface area contributed by atoms with Gasteiger partial charge in [0, 0.05) is 24.0 Å². The topological polar surface area (TPSA) is 71.2 Å². The highest BCUT2D eigenvalue weighted by atomic mass is 16.3. The highest BCUT2D eigenvalue weighted by molar-refractivity contribution is 5.53. The van der Waals surface area contributed by atoms with Gasteiger partial charge in [0.15, 0.2) is 0 Å². The van der Waals surface area contributed by atoms with E-state index >= 15 is 0 Å². The Morgan fingerprint density at radius 2 is 2.38 bits per heavy atom. The van der Waals surface area contributed by atoms with Crippen LogP contribution in [0, 0.1) is 6.92 Å². The molecule has 0 radical (unpaired) electrons. The van der Waals surface area contributed by atoms with Gasteiger partial charge in [-0.25, -0.2) is 4.98 Å². The number of pyridine rings is 1. The van der Waals surface area contributed by atoms with Crippen LogP contribution in [0.1, 0.15) is 12.5 Å². The lowest BCUT2D eigenvalue weighted by molar-refractivity contribution is 0.281. The predicted molar refractivity (Wildman–Crippen MR) is 53.6 cm³/mol. The molecule has 0 fully saturated rings. The second kappa shape index (κ2) is 4.09. The molecule has 0 amide bonds. The van der Waals surface area contributed by atoms with E-state index in [2.05, 4.69) is 10.3 Å². The average Bonchev–Trinajstić information content (AvgIpc) is 2.11. The van der Waals surface area contributed by atoms with E-state index in [0.717, 1.165) is 5.56 Å². The zero-order valence-corrected chi connectivity index (χ0v) is 7.91. The van der Waals surface area contributed by atoms with Crippen LogP contribution in [0.15, 0.2) is 12.3 Å². The van der Waals surface area contributed by atoms with E-state index in [4.69, 9.17) is 10.8 Å². The Balaban J connectivity index is 2.73. The van der Waals surface area contributed by atoms with Crippen LogP contribution in [0.2, 0.25) is 0 Å². The number of aromatic nitrogens is 1. The lowest BCUT2D eigenvalue weighted by atomic mass is 10.2. The van der Waals surface area contributed by atoms with Crippen molar-refractivity contribution in [3.05, 3.63) is 17.8 Å². The molecule has 0 aliphatic carbocycles. The normalized spacial score (nSPS) is 12.5. The van der Waals surface area contributed by atoms with Gasteiger partial charge < -0.3 is 16.2 Å². The van der Waals surface area contributed by atoms with E-state index in [1.165, 1.54) is 0 Å². The molecule has 0 aliphatic heterocycles. The van der Waals surface area contributed by atoms with Crippen molar-refractivity contribution in [3.63, 3.8) is 0 Å². The van der Waals surface area contributed by atoms with E-state index in [9.17, 15) is 0 Å². The van der Waals surface area contributed by atoms with Crippen molar-refractivity contribution in [2.45, 2.75) is 19.9 Å². The molecule has 1 unspecified atom stereocenters. The van der Waals surface area contributed by atoms with Gasteiger partial charge in [0.1, 0.15) is 5.82 Å². The fraction of sp³-hybridized carbons (Fsp3) is 0.444. The van der Waals surface area contributed by atoms with Crippen molar-refractivity contribution in [2.75, 3.05) is 17.7 Å². The summed E-state index contributed by atoms with van der Waals surface area (Å²) in [5, 5.41) is 11.8. The highest BCUT2D eigenvalue weighted by Crippen LogP contribution is 2.13. The van der Waals surface area contributed by atoms with Gasteiger partial charge in [-0.05, 0) is 19.4 Å². The van der Waals surface area contributed by atoms with Gasteiger partial charge in [-0.2, -0.15) is 0 Å². The number of nitrogens with one attached hydrogen (secondary N) is 1. The molecule has 0 saturated carbocycles. The Bertz CT molecular complexity index is 288. The third kappa shape index (κ3) is 2.59. The van der Waals surface area contributed by atoms with Crippen LogP contribution in [0.5, 0.6) is 0 Å². The zero-order valence-electron chi connectivity index (χ0n) is 7.91. The molecule has 1 atom stereocenters. The van der Waals surface area contributed by atoms with E-state index in [1.54, 1.807) is 12.3 Å². The standard InChI is InChI=1S/C9H15N3O/c1-6-4-11-9(3-8(6)10)12-7(2)5-13/h3-4,7,13H,5H2,1-2H3,(H3,10,11,12). The van der Waals surface area contributed by atoms with Crippen LogP contribution in [0.4, 0.5) is 11.5 Å². The first-order valence-electron chi connectivity index (χ1n) is 4.23. The predicted octanol–water partition coefficient (Wildman–Crippen LogP) is 0.765. The minimum atomic E-state index is -0.00499. The van der Waals surface area contributed by atoms with E-state index < -0.39 is 0 Å². The molecule has 1 rings (SSSR count). The number of nitrogens with two attached hydrogens (primary N) is 1. The Hall–Kier alpha value is -1.29. The molecule has 0 aromatic carbocycles. The third-order valence-electron chi connectivity index (χ3n) is 1.81. The van der Waals surface area contributed by atoms with Crippen LogP contribution in [-0.4, -0.2) is 22.7 Å². The maximum absolute atomic E-state index is 8.80. The molecule has 4 N–H and O–H groups in total. The summed E-state index contributed by atoms with van der Waals surface area (Å²) in [7, 11) is 0. The van der Waals surface area contributed by atoms with Crippen molar-refractivity contribution in [1.82, 2.24) is 4.98 Å². The lowest BCUT2D eigenvalue weighted by Crippen LogP contribution is -2.20. The van der Waals surface area contributed by atoms with E-state index in [1.807, 2.05) is 13.8 Å². The van der Waals surface area contributed by atoms with Crippen molar-refractivity contribution < 1.29 is 5.11 Å². The molecule has 4 heteroatoms. The van der Waals surface area contributed by atoms with E-state index in [0.29, 0.717) is 11.5 Å². The van der Waals surface area contributed by atoms with Gasteiger partial charge in [0.05, 0.1) is 6.61 Å². The smallest absolute Gasteiger partial charge is 0.128 e. The summed E-state index contributed by atoms with van der Waals surface area (Å²) < 4.78 is 0. The maximum atomic E-state index is 8.80. The number of aliphatic hydroxyl groups is 1. The van der Waals surface area contributed by atoms with Crippen molar-refractivity contribution in [1.29, 1.82) is 0 Å². The number of hydrogen-bond donors (Lipinski definition) is 3. The molecule has 0 bridgehead atoms. The van der Waals surface area contributed by atoms with Crippen LogP contribution >= 0.6 is 0 Å². The summed E-state index contributed by atoms with van der Waals surface area (Å²) in [6.07, 6.45) is 1.71. The first-order chi connectivity index (χ1) is 6.13. The maximum Gasteiger partial charge on any atom is 0.128 e. The third-order valence-corrected chi connectivity index (χ3v) is 1.81. The number of rotatable bonds is 3. The van der Waals surface area contributed by atoms with Gasteiger partial charge in [-0.3, -0.25) is 0 Å². The highest BCUT2D eigenvalue weighted by Gasteiger charge is 2.01. The quantitative estimate of drug-likeness (QED) is 0.644. The van der Waals surface area contributed by atoms with Gasteiger partial charge in [-0.15, -0.1) is 0 Å². The first-order valence-corrected chi connectivity index (χ1v) is 4.23. The molecule has 1 heterocycles. The number of nitrogens with zero attached hydrogens (tertiary/aromatic N) is 1. The largest absolute Gasteiger partial charge is 0.398 e. The Kier molecular flexibility index (Phi) is 3.08. The molecule has 1 aromatic rings. The summed E-state index contributed by atoms with van der Waals surface area (Å²) in [6.45, 7) is 3.86. The fourth-order valence-corrected chi connectivity index (χ4v) is 0.916. The Labute approximate surface area is 77.8 Å². The fourth-order valence-electron chi connectivity index (χ4n) is 0.916. The van der Waals surface area contributed by atoms with Crippen molar-refractivity contribution in [3.8, 4) is 0 Å². The molecule has 0 saturated heterocycles. The van der Waals surface area contributed by atoms with Crippen LogP contribution in [0.3, 0.4) is 0 Å². The monoisotopic (exact) mass is 181 g/mol. The van der Waals surface area contributed by atoms with Gasteiger partial charge >= 0.3 is 0 Å². The van der Waals surface area contributed by atoms with Gasteiger partial charge in [0.2, 0.25) is 0 Å². The summed E-state index contributed by atoms with van der Waals surface area (Å²) in [4.78, 5) is 4.12. The van der Waals surface area contributed by atoms with Gasteiger partial charge in [-0.1, -0.05) is 0 Å². The molecule has 13 heavy (non-hydrogen) atoms. The zero-order chi connectivity index (χ0) is 9.84. The number of hydrogen-bond acceptors (Lipinski definition) is 4. The summed E-state index contributed by atoms with van der Waals surface area (Å²) in [6, 6.07) is 1.76. The number of aliphatic hydroxyl groups excluding tert-OH is 1. The first kappa shape index (κ1) is 9.80. The Morgan fingerprint density at radius 3 is 2.92 bits per heavy atom. The molecule has 0 spiro atoms. The second-order valence-corrected chi connectivity index (χ2v) is 3.15. The van der Waals surface area contributed by atoms with Gasteiger partial charge in [0.25, 0.3) is 0 Å². The lowest BCUT2D eigenvalue weighted by Gasteiger charge is -2.12. The molecular weight excluding hydrogens is 166 g/mol. The molecular formula is C9H15N3O. The summed E-state index contributed by atoms with van der Waals surface area (Å²) >= 11 is 0. The molecule has 4 nitrogen and oxygen atoms in total. The van der Waals surface area contributed by atoms with E-state index in [-0.39, 0.29) is 12.6 Å². The van der Waals surface area contributed by atoms with Crippen molar-refractivity contribution >= 4 is 11.5 Å². The number of anilines is 2. The van der Waals surface area contributed by atoms with Crippen LogP contribution in [0.25, 0.3) is 0 Å². The summed E-state index contributed by atoms with van der Waals surface area (Å²) in [5.41, 5.74) is 7.37. The Morgan fingerprint density at radius 1 is 1.69 bits per heavy atom. The SMILES string of the molecule is Cc1cnc(NC(C)CO)cc1N. The second-order valence-electron chi connectivity index (χ2n) is 3.15. The summed E-state index contributed by atoms with van der Waals surface area (Å²) in [5.74, 6) is 0.699.